The van der Waals surface area contributed by atoms with Crippen LogP contribution in [0.1, 0.15) is 5.56 Å². The first-order chi connectivity index (χ1) is 10.2. The third-order valence-electron chi connectivity index (χ3n) is 3.18. The number of benzene rings is 2. The molecule has 0 saturated carbocycles. The van der Waals surface area contributed by atoms with Crippen LogP contribution in [0, 0.1) is 0 Å². The van der Waals surface area contributed by atoms with Crippen LogP contribution in [0.5, 0.6) is 5.75 Å². The van der Waals surface area contributed by atoms with Crippen molar-refractivity contribution in [2.45, 2.75) is 10.9 Å². The van der Waals surface area contributed by atoms with Crippen molar-refractivity contribution in [1.29, 1.82) is 0 Å². The first-order valence-electron chi connectivity index (χ1n) is 6.66. The third-order valence-corrected chi connectivity index (χ3v) is 4.66. The molecule has 1 aliphatic heterocycles. The van der Waals surface area contributed by atoms with Gasteiger partial charge in [0.15, 0.2) is 0 Å². The molecule has 4 nitrogen and oxygen atoms in total. The van der Waals surface area contributed by atoms with Crippen molar-refractivity contribution >= 4 is 16.7 Å². The lowest BCUT2D eigenvalue weighted by Crippen LogP contribution is -2.16. The molecule has 2 atom stereocenters. The smallest absolute Gasteiger partial charge is 0.216 e. The molecule has 3 rings (SSSR count). The summed E-state index contributed by atoms with van der Waals surface area (Å²) in [6.07, 6.45) is 0. The average Bonchev–Trinajstić information content (AvgIpc) is 2.97. The van der Waals surface area contributed by atoms with Crippen molar-refractivity contribution in [3.63, 3.8) is 0 Å². The number of aliphatic imine (C=N–C) groups is 1. The van der Waals surface area contributed by atoms with Crippen molar-refractivity contribution in [1.82, 2.24) is 0 Å². The summed E-state index contributed by atoms with van der Waals surface area (Å²) < 4.78 is 17.8. The van der Waals surface area contributed by atoms with Gasteiger partial charge in [-0.05, 0) is 36.4 Å². The number of nitrogens with zero attached hydrogens (tertiary/aromatic N) is 1. The zero-order chi connectivity index (χ0) is 14.7. The molecule has 21 heavy (non-hydrogen) atoms. The van der Waals surface area contributed by atoms with E-state index in [-0.39, 0.29) is 11.8 Å². The Labute approximate surface area is 125 Å². The Morgan fingerprint density at radius 3 is 2.57 bits per heavy atom. The van der Waals surface area contributed by atoms with Gasteiger partial charge in [-0.2, -0.15) is 0 Å². The first kappa shape index (κ1) is 13.8. The molecular weight excluding hydrogens is 286 g/mol. The predicted octanol–water partition coefficient (Wildman–Crippen LogP) is 2.35. The van der Waals surface area contributed by atoms with E-state index >= 15 is 0 Å². The highest BCUT2D eigenvalue weighted by atomic mass is 32.2. The maximum atomic E-state index is 12.3. The number of hydrogen-bond acceptors (Lipinski definition) is 4. The molecule has 5 heteroatoms. The van der Waals surface area contributed by atoms with Crippen LogP contribution in [-0.2, 0) is 15.5 Å². The van der Waals surface area contributed by atoms with Gasteiger partial charge in [-0.25, -0.2) is 4.99 Å². The molecule has 0 amide bonds. The van der Waals surface area contributed by atoms with E-state index in [9.17, 15) is 9.32 Å². The molecule has 0 saturated heterocycles. The van der Waals surface area contributed by atoms with Crippen LogP contribution in [0.4, 0.5) is 0 Å². The normalized spacial score (nSPS) is 18.9. The second kappa shape index (κ2) is 6.10. The molecular formula is C16H15NO3S. The summed E-state index contributed by atoms with van der Waals surface area (Å²) in [5.41, 5.74) is 0.940. The summed E-state index contributed by atoms with van der Waals surface area (Å²) in [5, 5.41) is 9.24. The van der Waals surface area contributed by atoms with E-state index in [4.69, 9.17) is 4.74 Å². The fourth-order valence-electron chi connectivity index (χ4n) is 2.11. The summed E-state index contributed by atoms with van der Waals surface area (Å²) in [6.45, 7) is 0.452. The van der Waals surface area contributed by atoms with Crippen molar-refractivity contribution in [2.24, 2.45) is 4.99 Å². The van der Waals surface area contributed by atoms with Crippen molar-refractivity contribution in [3.8, 4) is 5.75 Å². The maximum absolute atomic E-state index is 12.3. The first-order valence-corrected chi connectivity index (χ1v) is 7.98. The molecule has 2 aromatic rings. The molecule has 1 unspecified atom stereocenters. The zero-order valence-corrected chi connectivity index (χ0v) is 12.1. The standard InChI is InChI=1S/C16H15NO3S/c18-14-6-8-15(9-7-14)21(19)11-13-10-20-16(17-13)12-4-2-1-3-5-12/h1-9,13,18H,10-11H2/t13-,21?/m0/s1. The monoisotopic (exact) mass is 301 g/mol. The van der Waals surface area contributed by atoms with Gasteiger partial charge >= 0.3 is 0 Å². The third kappa shape index (κ3) is 3.31. The Hall–Kier alpha value is -2.14. The second-order valence-electron chi connectivity index (χ2n) is 4.77. The Kier molecular flexibility index (Phi) is 4.01. The molecule has 0 fully saturated rings. The van der Waals surface area contributed by atoms with Gasteiger partial charge < -0.3 is 9.84 Å². The van der Waals surface area contributed by atoms with Gasteiger partial charge in [-0.3, -0.25) is 4.21 Å². The molecule has 0 aliphatic carbocycles. The van der Waals surface area contributed by atoms with E-state index in [2.05, 4.69) is 4.99 Å². The molecule has 0 bridgehead atoms. The number of phenols is 1. The van der Waals surface area contributed by atoms with Gasteiger partial charge in [0, 0.05) is 10.5 Å². The average molecular weight is 301 g/mol. The number of hydrogen-bond donors (Lipinski definition) is 1. The summed E-state index contributed by atoms with van der Waals surface area (Å²) in [4.78, 5) is 5.18. The highest BCUT2D eigenvalue weighted by Gasteiger charge is 2.22. The lowest BCUT2D eigenvalue weighted by atomic mass is 10.2. The van der Waals surface area contributed by atoms with E-state index in [1.807, 2.05) is 30.3 Å². The maximum Gasteiger partial charge on any atom is 0.216 e. The van der Waals surface area contributed by atoms with E-state index in [1.54, 1.807) is 12.1 Å². The van der Waals surface area contributed by atoms with Crippen LogP contribution < -0.4 is 0 Å². The van der Waals surface area contributed by atoms with Gasteiger partial charge in [0.2, 0.25) is 5.90 Å². The minimum Gasteiger partial charge on any atom is -0.508 e. The van der Waals surface area contributed by atoms with Gasteiger partial charge in [-0.1, -0.05) is 18.2 Å². The lowest BCUT2D eigenvalue weighted by molar-refractivity contribution is 0.325. The van der Waals surface area contributed by atoms with Crippen LogP contribution >= 0.6 is 0 Å². The number of ether oxygens (including phenoxy) is 1. The van der Waals surface area contributed by atoms with Crippen molar-refractivity contribution < 1.29 is 14.1 Å². The number of rotatable bonds is 4. The minimum atomic E-state index is -1.15. The molecule has 2 aromatic carbocycles. The van der Waals surface area contributed by atoms with E-state index < -0.39 is 10.8 Å². The van der Waals surface area contributed by atoms with Crippen LogP contribution in [-0.4, -0.2) is 33.6 Å². The summed E-state index contributed by atoms with van der Waals surface area (Å²) in [7, 11) is -1.15. The van der Waals surface area contributed by atoms with Crippen molar-refractivity contribution in [3.05, 3.63) is 60.2 Å². The summed E-state index contributed by atoms with van der Waals surface area (Å²) in [6, 6.07) is 16.0. The SMILES string of the molecule is O=S(C[C@@H]1COC(c2ccccc2)=N1)c1ccc(O)cc1. The van der Waals surface area contributed by atoms with Crippen LogP contribution in [0.3, 0.4) is 0 Å². The van der Waals surface area contributed by atoms with Crippen LogP contribution in [0.2, 0.25) is 0 Å². The molecule has 0 aromatic heterocycles. The molecule has 1 heterocycles. The Morgan fingerprint density at radius 2 is 1.86 bits per heavy atom. The lowest BCUT2D eigenvalue weighted by Gasteiger charge is -2.05. The molecule has 108 valence electrons. The number of aromatic hydroxyl groups is 1. The number of phenolic OH excluding ortho intramolecular Hbond substituents is 1. The second-order valence-corrected chi connectivity index (χ2v) is 6.27. The predicted molar refractivity (Wildman–Crippen MR) is 82.1 cm³/mol. The molecule has 1 N–H and O–H groups in total. The topological polar surface area (TPSA) is 58.9 Å². The van der Waals surface area contributed by atoms with Gasteiger partial charge in [0.25, 0.3) is 0 Å². The molecule has 0 spiro atoms. The largest absolute Gasteiger partial charge is 0.508 e. The Morgan fingerprint density at radius 1 is 1.14 bits per heavy atom. The van der Waals surface area contributed by atoms with Gasteiger partial charge in [0.1, 0.15) is 12.4 Å². The van der Waals surface area contributed by atoms with E-state index in [0.29, 0.717) is 23.2 Å². The summed E-state index contributed by atoms with van der Waals surface area (Å²) >= 11 is 0. The fraction of sp³-hybridized carbons (Fsp3) is 0.188. The van der Waals surface area contributed by atoms with E-state index in [0.717, 1.165) is 5.56 Å². The van der Waals surface area contributed by atoms with Crippen molar-refractivity contribution in [2.75, 3.05) is 12.4 Å². The minimum absolute atomic E-state index is 0.102. The Balaban J connectivity index is 1.68. The van der Waals surface area contributed by atoms with Gasteiger partial charge in [-0.15, -0.1) is 0 Å². The van der Waals surface area contributed by atoms with Crippen LogP contribution in [0.25, 0.3) is 0 Å². The summed E-state index contributed by atoms with van der Waals surface area (Å²) in [5.74, 6) is 1.20. The quantitative estimate of drug-likeness (QED) is 0.943. The molecule has 1 aliphatic rings. The van der Waals surface area contributed by atoms with Gasteiger partial charge in [0.05, 0.1) is 22.6 Å². The Bertz CT molecular complexity index is 668. The zero-order valence-electron chi connectivity index (χ0n) is 11.3. The highest BCUT2D eigenvalue weighted by molar-refractivity contribution is 7.85. The fourth-order valence-corrected chi connectivity index (χ4v) is 3.26. The van der Waals surface area contributed by atoms with Crippen LogP contribution in [0.15, 0.2) is 64.5 Å². The molecule has 0 radical (unpaired) electrons. The van der Waals surface area contributed by atoms with E-state index in [1.165, 1.54) is 12.1 Å². The highest BCUT2D eigenvalue weighted by Crippen LogP contribution is 2.17.